The predicted molar refractivity (Wildman–Crippen MR) is 102 cm³/mol. The molecule has 1 fully saturated rings. The number of hydrogen-bond acceptors (Lipinski definition) is 5. The molecule has 2 heterocycles. The van der Waals surface area contributed by atoms with Crippen LogP contribution in [0, 0.1) is 4.77 Å². The molecule has 0 aliphatic carbocycles. The van der Waals surface area contributed by atoms with Crippen LogP contribution in [-0.2, 0) is 23.6 Å². The lowest BCUT2D eigenvalue weighted by atomic mass is 10.2. The SMILES string of the molecule is CCCN(Cn1nc(-c2ccccc2)n(C)c1=S)[C@H]1CCS(=O)(=O)C1. The third-order valence-corrected chi connectivity index (χ3v) is 6.86. The molecule has 136 valence electrons. The van der Waals surface area contributed by atoms with Crippen LogP contribution < -0.4 is 0 Å². The minimum Gasteiger partial charge on any atom is -0.303 e. The lowest BCUT2D eigenvalue weighted by Crippen LogP contribution is -2.38. The van der Waals surface area contributed by atoms with Gasteiger partial charge in [-0.25, -0.2) is 13.1 Å². The molecule has 1 aliphatic heterocycles. The Bertz CT molecular complexity index is 887. The van der Waals surface area contributed by atoms with Crippen molar-refractivity contribution in [2.45, 2.75) is 32.5 Å². The molecule has 2 aromatic rings. The maximum Gasteiger partial charge on any atom is 0.199 e. The normalized spacial score (nSPS) is 19.6. The standard InChI is InChI=1S/C17H24N4O2S2/c1-3-10-20(15-9-11-25(22,23)12-15)13-21-17(24)19(2)16(18-21)14-7-5-4-6-8-14/h4-8,15H,3,9-13H2,1-2H3/t15-/m0/s1. The Kier molecular flexibility index (Phi) is 5.41. The van der Waals surface area contributed by atoms with E-state index >= 15 is 0 Å². The van der Waals surface area contributed by atoms with Gasteiger partial charge in [-0.3, -0.25) is 4.90 Å². The van der Waals surface area contributed by atoms with Gasteiger partial charge in [0.15, 0.2) is 20.4 Å². The second kappa shape index (κ2) is 7.39. The summed E-state index contributed by atoms with van der Waals surface area (Å²) in [5.74, 6) is 1.33. The van der Waals surface area contributed by atoms with E-state index in [1.807, 2.05) is 41.9 Å². The highest BCUT2D eigenvalue weighted by Gasteiger charge is 2.32. The van der Waals surface area contributed by atoms with Crippen LogP contribution in [0.5, 0.6) is 0 Å². The summed E-state index contributed by atoms with van der Waals surface area (Å²) in [7, 11) is -0.995. The molecule has 1 aliphatic rings. The van der Waals surface area contributed by atoms with Crippen molar-refractivity contribution in [3.63, 3.8) is 0 Å². The molecule has 1 saturated heterocycles. The minimum absolute atomic E-state index is 0.0500. The van der Waals surface area contributed by atoms with E-state index in [1.165, 1.54) is 0 Å². The highest BCUT2D eigenvalue weighted by atomic mass is 32.2. The molecule has 1 atom stereocenters. The van der Waals surface area contributed by atoms with E-state index in [1.54, 1.807) is 4.68 Å². The Balaban J connectivity index is 1.87. The fraction of sp³-hybridized carbons (Fsp3) is 0.529. The number of sulfone groups is 1. The zero-order valence-corrected chi connectivity index (χ0v) is 16.3. The van der Waals surface area contributed by atoms with E-state index in [0.29, 0.717) is 17.9 Å². The molecule has 0 radical (unpaired) electrons. The number of hydrogen-bond donors (Lipinski definition) is 0. The Morgan fingerprint density at radius 1 is 1.32 bits per heavy atom. The molecule has 0 saturated carbocycles. The molecule has 0 unspecified atom stereocenters. The molecular formula is C17H24N4O2S2. The maximum atomic E-state index is 11.8. The summed E-state index contributed by atoms with van der Waals surface area (Å²) in [5, 5.41) is 4.69. The highest BCUT2D eigenvalue weighted by Crippen LogP contribution is 2.21. The lowest BCUT2D eigenvalue weighted by molar-refractivity contribution is 0.155. The van der Waals surface area contributed by atoms with Gasteiger partial charge in [0, 0.05) is 18.7 Å². The van der Waals surface area contributed by atoms with Gasteiger partial charge in [0.1, 0.15) is 0 Å². The van der Waals surface area contributed by atoms with Crippen LogP contribution in [0.2, 0.25) is 0 Å². The van der Waals surface area contributed by atoms with Crippen LogP contribution in [0.15, 0.2) is 30.3 Å². The van der Waals surface area contributed by atoms with Crippen LogP contribution in [0.25, 0.3) is 11.4 Å². The number of rotatable bonds is 6. The first-order chi connectivity index (χ1) is 11.9. The van der Waals surface area contributed by atoms with E-state index in [4.69, 9.17) is 17.3 Å². The maximum absolute atomic E-state index is 11.8. The number of aromatic nitrogens is 3. The summed E-state index contributed by atoms with van der Waals surface area (Å²) < 4.78 is 28.0. The second-order valence-corrected chi connectivity index (χ2v) is 9.14. The zero-order chi connectivity index (χ0) is 18.0. The van der Waals surface area contributed by atoms with Crippen molar-refractivity contribution >= 4 is 22.1 Å². The molecule has 3 rings (SSSR count). The van der Waals surface area contributed by atoms with Crippen LogP contribution in [0.1, 0.15) is 19.8 Å². The van der Waals surface area contributed by atoms with E-state index in [-0.39, 0.29) is 17.5 Å². The van der Waals surface area contributed by atoms with Gasteiger partial charge in [-0.15, -0.1) is 0 Å². The van der Waals surface area contributed by atoms with E-state index < -0.39 is 9.84 Å². The smallest absolute Gasteiger partial charge is 0.199 e. The third-order valence-electron chi connectivity index (χ3n) is 4.62. The molecule has 0 bridgehead atoms. The van der Waals surface area contributed by atoms with Crippen molar-refractivity contribution in [2.24, 2.45) is 7.05 Å². The Labute approximate surface area is 154 Å². The topological polar surface area (TPSA) is 60.1 Å². The molecule has 0 N–H and O–H groups in total. The molecule has 0 amide bonds. The Morgan fingerprint density at radius 3 is 2.64 bits per heavy atom. The quantitative estimate of drug-likeness (QED) is 0.721. The lowest BCUT2D eigenvalue weighted by Gasteiger charge is -2.27. The van der Waals surface area contributed by atoms with Crippen LogP contribution in [0.4, 0.5) is 0 Å². The molecule has 25 heavy (non-hydrogen) atoms. The van der Waals surface area contributed by atoms with Gasteiger partial charge in [-0.05, 0) is 31.6 Å². The van der Waals surface area contributed by atoms with Crippen molar-refractivity contribution in [3.8, 4) is 11.4 Å². The monoisotopic (exact) mass is 380 g/mol. The van der Waals surface area contributed by atoms with Crippen LogP contribution in [0.3, 0.4) is 0 Å². The van der Waals surface area contributed by atoms with Crippen molar-refractivity contribution < 1.29 is 8.42 Å². The number of nitrogens with zero attached hydrogens (tertiary/aromatic N) is 4. The highest BCUT2D eigenvalue weighted by molar-refractivity contribution is 7.91. The van der Waals surface area contributed by atoms with E-state index in [0.717, 1.165) is 24.4 Å². The first kappa shape index (κ1) is 18.3. The van der Waals surface area contributed by atoms with Crippen molar-refractivity contribution in [2.75, 3.05) is 18.1 Å². The predicted octanol–water partition coefficient (Wildman–Crippen LogP) is 2.47. The summed E-state index contributed by atoms with van der Waals surface area (Å²) in [6.07, 6.45) is 1.65. The third kappa shape index (κ3) is 4.02. The minimum atomic E-state index is -2.91. The fourth-order valence-corrected chi connectivity index (χ4v) is 5.26. The zero-order valence-electron chi connectivity index (χ0n) is 14.6. The Morgan fingerprint density at radius 2 is 2.04 bits per heavy atom. The van der Waals surface area contributed by atoms with E-state index in [2.05, 4.69) is 11.8 Å². The molecule has 1 aromatic carbocycles. The van der Waals surface area contributed by atoms with E-state index in [9.17, 15) is 8.42 Å². The van der Waals surface area contributed by atoms with Gasteiger partial charge in [0.2, 0.25) is 0 Å². The summed E-state index contributed by atoms with van der Waals surface area (Å²) in [6.45, 7) is 3.45. The van der Waals surface area contributed by atoms with Crippen LogP contribution in [-0.4, -0.2) is 51.8 Å². The van der Waals surface area contributed by atoms with Gasteiger partial charge < -0.3 is 4.57 Å². The largest absolute Gasteiger partial charge is 0.303 e. The van der Waals surface area contributed by atoms with Crippen molar-refractivity contribution in [1.82, 2.24) is 19.2 Å². The van der Waals surface area contributed by atoms with Gasteiger partial charge >= 0.3 is 0 Å². The van der Waals surface area contributed by atoms with Gasteiger partial charge in [-0.2, -0.15) is 5.10 Å². The molecule has 8 heteroatoms. The molecular weight excluding hydrogens is 356 g/mol. The first-order valence-electron chi connectivity index (χ1n) is 8.55. The fourth-order valence-electron chi connectivity index (χ4n) is 3.31. The van der Waals surface area contributed by atoms with Gasteiger partial charge in [-0.1, -0.05) is 37.3 Å². The molecule has 0 spiro atoms. The summed E-state index contributed by atoms with van der Waals surface area (Å²) in [5.41, 5.74) is 1.01. The second-order valence-electron chi connectivity index (χ2n) is 6.54. The van der Waals surface area contributed by atoms with Crippen molar-refractivity contribution in [3.05, 3.63) is 35.1 Å². The summed E-state index contributed by atoms with van der Waals surface area (Å²) >= 11 is 5.55. The van der Waals surface area contributed by atoms with Crippen LogP contribution >= 0.6 is 12.2 Å². The molecule has 6 nitrogen and oxygen atoms in total. The Hall–Kier alpha value is -1.51. The number of benzene rings is 1. The molecule has 1 aromatic heterocycles. The summed E-state index contributed by atoms with van der Waals surface area (Å²) in [4.78, 5) is 2.20. The van der Waals surface area contributed by atoms with Crippen molar-refractivity contribution in [1.29, 1.82) is 0 Å². The van der Waals surface area contributed by atoms with Gasteiger partial charge in [0.25, 0.3) is 0 Å². The van der Waals surface area contributed by atoms with Gasteiger partial charge in [0.05, 0.1) is 18.2 Å². The average molecular weight is 381 g/mol. The first-order valence-corrected chi connectivity index (χ1v) is 10.8. The average Bonchev–Trinajstić information content (AvgIpc) is 3.09. The summed E-state index contributed by atoms with van der Waals surface area (Å²) in [6, 6.07) is 9.99.